The van der Waals surface area contributed by atoms with E-state index >= 15 is 0 Å². The number of unbranched alkanes of at least 4 members (excludes halogenated alkanes) is 3. The van der Waals surface area contributed by atoms with Crippen LogP contribution in [-0.4, -0.2) is 49.3 Å². The van der Waals surface area contributed by atoms with Crippen molar-refractivity contribution in [2.45, 2.75) is 58.1 Å². The van der Waals surface area contributed by atoms with Crippen LogP contribution in [0.3, 0.4) is 0 Å². The van der Waals surface area contributed by atoms with E-state index < -0.39 is 0 Å². The third-order valence-corrected chi connectivity index (χ3v) is 2.77. The summed E-state index contributed by atoms with van der Waals surface area (Å²) in [5, 5.41) is 13.1. The second-order valence-electron chi connectivity index (χ2n) is 5.07. The molecule has 98 valence electrons. The van der Waals surface area contributed by atoms with Crippen molar-refractivity contribution in [3.05, 3.63) is 0 Å². The molecule has 2 atom stereocenters. The van der Waals surface area contributed by atoms with Crippen molar-refractivity contribution in [3.8, 4) is 0 Å². The van der Waals surface area contributed by atoms with Gasteiger partial charge in [0.05, 0.1) is 6.10 Å². The molecule has 0 saturated heterocycles. The van der Waals surface area contributed by atoms with Crippen LogP contribution in [0, 0.1) is 0 Å². The van der Waals surface area contributed by atoms with Gasteiger partial charge in [-0.1, -0.05) is 32.6 Å². The van der Waals surface area contributed by atoms with Crippen LogP contribution < -0.4 is 5.32 Å². The molecule has 0 aliphatic carbocycles. The quantitative estimate of drug-likeness (QED) is 0.562. The minimum absolute atomic E-state index is 0.256. The first kappa shape index (κ1) is 15.9. The maximum atomic E-state index is 9.67. The molecule has 0 bridgehead atoms. The zero-order valence-electron chi connectivity index (χ0n) is 11.5. The molecule has 0 aliphatic heterocycles. The lowest BCUT2D eigenvalue weighted by Gasteiger charge is -2.19. The smallest absolute Gasteiger partial charge is 0.0791 e. The molecule has 2 N–H and O–H groups in total. The van der Waals surface area contributed by atoms with E-state index in [-0.39, 0.29) is 6.10 Å². The number of aliphatic hydroxyl groups is 1. The Bertz CT molecular complexity index is 151. The van der Waals surface area contributed by atoms with Crippen LogP contribution in [0.2, 0.25) is 0 Å². The van der Waals surface area contributed by atoms with Gasteiger partial charge in [0.1, 0.15) is 0 Å². The van der Waals surface area contributed by atoms with E-state index in [0.717, 1.165) is 6.54 Å². The normalized spacial score (nSPS) is 15.4. The molecule has 0 amide bonds. The van der Waals surface area contributed by atoms with Gasteiger partial charge in [0.2, 0.25) is 0 Å². The summed E-state index contributed by atoms with van der Waals surface area (Å²) in [5.41, 5.74) is 0. The van der Waals surface area contributed by atoms with Crippen LogP contribution in [0.4, 0.5) is 0 Å². The fourth-order valence-corrected chi connectivity index (χ4v) is 1.80. The molecule has 2 unspecified atom stereocenters. The molecule has 0 fully saturated rings. The first-order valence-electron chi connectivity index (χ1n) is 6.62. The van der Waals surface area contributed by atoms with Crippen LogP contribution in [0.1, 0.15) is 46.0 Å². The summed E-state index contributed by atoms with van der Waals surface area (Å²) in [7, 11) is 3.97. The van der Waals surface area contributed by atoms with Gasteiger partial charge in [0, 0.05) is 19.1 Å². The lowest BCUT2D eigenvalue weighted by atomic mass is 10.1. The van der Waals surface area contributed by atoms with E-state index in [4.69, 9.17) is 0 Å². The van der Waals surface area contributed by atoms with Crippen molar-refractivity contribution in [1.82, 2.24) is 10.2 Å². The average molecular weight is 230 g/mol. The molecule has 0 radical (unpaired) electrons. The Morgan fingerprint density at radius 1 is 1.19 bits per heavy atom. The molecule has 0 aliphatic rings. The number of likely N-dealkylation sites (N-methyl/N-ethyl adjacent to an activating group) is 1. The molecular formula is C13H30N2O. The third kappa shape index (κ3) is 10.4. The van der Waals surface area contributed by atoms with Crippen LogP contribution in [-0.2, 0) is 0 Å². The highest BCUT2D eigenvalue weighted by Gasteiger charge is 2.07. The Morgan fingerprint density at radius 2 is 1.88 bits per heavy atom. The van der Waals surface area contributed by atoms with Crippen LogP contribution in [0.15, 0.2) is 0 Å². The van der Waals surface area contributed by atoms with E-state index in [9.17, 15) is 5.11 Å². The molecule has 0 aromatic heterocycles. The highest BCUT2D eigenvalue weighted by Crippen LogP contribution is 2.05. The molecule has 0 rings (SSSR count). The Kier molecular flexibility index (Phi) is 9.99. The topological polar surface area (TPSA) is 35.5 Å². The first-order valence-corrected chi connectivity index (χ1v) is 6.62. The second-order valence-corrected chi connectivity index (χ2v) is 5.07. The minimum atomic E-state index is -0.256. The van der Waals surface area contributed by atoms with Gasteiger partial charge in [-0.25, -0.2) is 0 Å². The highest BCUT2D eigenvalue weighted by atomic mass is 16.3. The Balaban J connectivity index is 3.38. The Morgan fingerprint density at radius 3 is 2.44 bits per heavy atom. The van der Waals surface area contributed by atoms with Gasteiger partial charge in [-0.2, -0.15) is 0 Å². The number of nitrogens with one attached hydrogen (secondary N) is 1. The number of rotatable bonds is 10. The Labute approximate surface area is 101 Å². The summed E-state index contributed by atoms with van der Waals surface area (Å²) in [6, 6.07) is 0.522. The zero-order valence-corrected chi connectivity index (χ0v) is 11.5. The van der Waals surface area contributed by atoms with Crippen molar-refractivity contribution in [2.75, 3.05) is 27.2 Å². The minimum Gasteiger partial charge on any atom is -0.390 e. The predicted octanol–water partition coefficient (Wildman–Crippen LogP) is 1.86. The average Bonchev–Trinajstić information content (AvgIpc) is 2.20. The van der Waals surface area contributed by atoms with Gasteiger partial charge in [0.25, 0.3) is 0 Å². The monoisotopic (exact) mass is 230 g/mol. The molecular weight excluding hydrogens is 200 g/mol. The molecule has 3 heteroatoms. The van der Waals surface area contributed by atoms with Crippen molar-refractivity contribution in [2.24, 2.45) is 0 Å². The lowest BCUT2D eigenvalue weighted by molar-refractivity contribution is 0.131. The SMILES string of the molecule is CCCCCCC(C)NCC(O)CN(C)C. The number of nitrogens with zero attached hydrogens (tertiary/aromatic N) is 1. The molecule has 0 aromatic rings. The Hall–Kier alpha value is -0.120. The van der Waals surface area contributed by atoms with E-state index in [1.165, 1.54) is 32.1 Å². The fraction of sp³-hybridized carbons (Fsp3) is 1.00. The third-order valence-electron chi connectivity index (χ3n) is 2.77. The largest absolute Gasteiger partial charge is 0.390 e. The lowest BCUT2D eigenvalue weighted by Crippen LogP contribution is -2.38. The van der Waals surface area contributed by atoms with Gasteiger partial charge in [-0.05, 0) is 27.4 Å². The van der Waals surface area contributed by atoms with E-state index in [2.05, 4.69) is 19.2 Å². The fourth-order valence-electron chi connectivity index (χ4n) is 1.80. The number of aliphatic hydroxyl groups excluding tert-OH is 1. The molecule has 3 nitrogen and oxygen atoms in total. The van der Waals surface area contributed by atoms with E-state index in [1.807, 2.05) is 19.0 Å². The molecule has 16 heavy (non-hydrogen) atoms. The van der Waals surface area contributed by atoms with E-state index in [0.29, 0.717) is 12.6 Å². The summed E-state index contributed by atoms with van der Waals surface area (Å²) in [5.74, 6) is 0. The molecule has 0 saturated carbocycles. The standard InChI is InChI=1S/C13H30N2O/c1-5-6-7-8-9-12(2)14-10-13(16)11-15(3)4/h12-14,16H,5-11H2,1-4H3. The highest BCUT2D eigenvalue weighted by molar-refractivity contribution is 4.67. The van der Waals surface area contributed by atoms with Crippen LogP contribution in [0.5, 0.6) is 0 Å². The van der Waals surface area contributed by atoms with Crippen LogP contribution >= 0.6 is 0 Å². The van der Waals surface area contributed by atoms with Crippen molar-refractivity contribution in [3.63, 3.8) is 0 Å². The van der Waals surface area contributed by atoms with Gasteiger partial charge < -0.3 is 15.3 Å². The predicted molar refractivity (Wildman–Crippen MR) is 70.8 cm³/mol. The maximum Gasteiger partial charge on any atom is 0.0791 e. The summed E-state index contributed by atoms with van der Waals surface area (Å²) in [6.45, 7) is 5.87. The molecule has 0 spiro atoms. The number of hydrogen-bond donors (Lipinski definition) is 2. The van der Waals surface area contributed by atoms with Gasteiger partial charge in [-0.15, -0.1) is 0 Å². The van der Waals surface area contributed by atoms with Crippen molar-refractivity contribution in [1.29, 1.82) is 0 Å². The van der Waals surface area contributed by atoms with Gasteiger partial charge in [0.15, 0.2) is 0 Å². The molecule has 0 heterocycles. The molecule has 0 aromatic carbocycles. The first-order chi connectivity index (χ1) is 7.56. The summed E-state index contributed by atoms with van der Waals surface area (Å²) < 4.78 is 0. The van der Waals surface area contributed by atoms with Crippen molar-refractivity contribution >= 4 is 0 Å². The second kappa shape index (κ2) is 10.1. The summed E-state index contributed by atoms with van der Waals surface area (Å²) in [6.07, 6.45) is 6.23. The zero-order chi connectivity index (χ0) is 12.4. The van der Waals surface area contributed by atoms with Gasteiger partial charge >= 0.3 is 0 Å². The van der Waals surface area contributed by atoms with Crippen LogP contribution in [0.25, 0.3) is 0 Å². The number of hydrogen-bond acceptors (Lipinski definition) is 3. The van der Waals surface area contributed by atoms with E-state index in [1.54, 1.807) is 0 Å². The van der Waals surface area contributed by atoms with Gasteiger partial charge in [-0.3, -0.25) is 0 Å². The van der Waals surface area contributed by atoms with Crippen molar-refractivity contribution < 1.29 is 5.11 Å². The summed E-state index contributed by atoms with van der Waals surface area (Å²) >= 11 is 0. The summed E-state index contributed by atoms with van der Waals surface area (Å²) in [4.78, 5) is 2.01. The maximum absolute atomic E-state index is 9.67.